The van der Waals surface area contributed by atoms with E-state index in [1.165, 1.54) is 0 Å². The molecule has 0 saturated carbocycles. The number of ether oxygens (including phenoxy) is 1. The fourth-order valence-electron chi connectivity index (χ4n) is 0.958. The van der Waals surface area contributed by atoms with E-state index in [1.807, 2.05) is 0 Å². The minimum Gasteiger partial charge on any atom is -0.479 e. The van der Waals surface area contributed by atoms with Gasteiger partial charge in [0.1, 0.15) is 0 Å². The van der Waals surface area contributed by atoms with Gasteiger partial charge in [0.2, 0.25) is 0 Å². The summed E-state index contributed by atoms with van der Waals surface area (Å²) in [5.74, 6) is -13.4. The molecule has 0 aliphatic carbocycles. The summed E-state index contributed by atoms with van der Waals surface area (Å²) in [6.07, 6.45) is -24.8. The third kappa shape index (κ3) is 5.77. The monoisotopic (exact) mass is 395 g/mol. The minimum absolute atomic E-state index is 2.77. The highest BCUT2D eigenvalue weighted by Crippen LogP contribution is 2.42. The number of hydrogen-bond acceptors (Lipinski definition) is 2. The second-order valence-corrected chi connectivity index (χ2v) is 3.74. The second kappa shape index (κ2) is 6.70. The summed E-state index contributed by atoms with van der Waals surface area (Å²) in [5.41, 5.74) is 0. The van der Waals surface area contributed by atoms with Crippen LogP contribution in [0.1, 0.15) is 0 Å². The fourth-order valence-corrected chi connectivity index (χ4v) is 0.958. The molecule has 0 aromatic heterocycles. The molecular weight excluding hydrogens is 392 g/mol. The minimum atomic E-state index is -6.80. The molecule has 0 amide bonds. The first kappa shape index (κ1) is 22.4. The standard InChI is InChI=1S/C8H3F14NO/c9-3(23(7(17,18)19)8(20,21)22)2(6(14,15)16)24-1-5(12,13)4(10)11/h4H,1H2/b3-2-. The van der Waals surface area contributed by atoms with Gasteiger partial charge in [-0.2, -0.15) is 31.2 Å². The largest absolute Gasteiger partial charge is 0.493 e. The lowest BCUT2D eigenvalue weighted by Gasteiger charge is -2.28. The Kier molecular flexibility index (Phi) is 6.24. The van der Waals surface area contributed by atoms with Crippen molar-refractivity contribution in [3.63, 3.8) is 0 Å². The SMILES string of the molecule is F/C(=C(/OCC(F)(F)C(F)F)C(F)(F)F)N(C(F)(F)F)C(F)(F)F. The molecule has 0 heterocycles. The summed E-state index contributed by atoms with van der Waals surface area (Å²) in [7, 11) is 0. The van der Waals surface area contributed by atoms with Crippen LogP contribution in [-0.2, 0) is 4.74 Å². The molecule has 0 bridgehead atoms. The van der Waals surface area contributed by atoms with E-state index in [4.69, 9.17) is 0 Å². The van der Waals surface area contributed by atoms with Crippen LogP contribution in [0, 0.1) is 0 Å². The number of hydrogen-bond donors (Lipinski definition) is 0. The molecule has 0 aliphatic heterocycles. The fraction of sp³-hybridized carbons (Fsp3) is 0.750. The number of halogens is 14. The molecule has 144 valence electrons. The van der Waals surface area contributed by atoms with Crippen LogP contribution in [0.4, 0.5) is 61.5 Å². The second-order valence-electron chi connectivity index (χ2n) is 3.74. The van der Waals surface area contributed by atoms with Crippen LogP contribution < -0.4 is 0 Å². The van der Waals surface area contributed by atoms with Crippen LogP contribution in [-0.4, -0.2) is 42.6 Å². The smallest absolute Gasteiger partial charge is 0.479 e. The molecular formula is C8H3F14NO. The van der Waals surface area contributed by atoms with Crippen molar-refractivity contribution in [2.24, 2.45) is 0 Å². The molecule has 2 nitrogen and oxygen atoms in total. The van der Waals surface area contributed by atoms with Gasteiger partial charge in [0.05, 0.1) is 0 Å². The average Bonchev–Trinajstić information content (AvgIpc) is 2.21. The average molecular weight is 395 g/mol. The van der Waals surface area contributed by atoms with Gasteiger partial charge in [-0.25, -0.2) is 8.78 Å². The molecule has 0 aromatic carbocycles. The van der Waals surface area contributed by atoms with Crippen LogP contribution in [0.15, 0.2) is 11.7 Å². The molecule has 24 heavy (non-hydrogen) atoms. The van der Waals surface area contributed by atoms with Crippen molar-refractivity contribution in [2.45, 2.75) is 31.1 Å². The van der Waals surface area contributed by atoms with E-state index in [1.54, 1.807) is 0 Å². The Morgan fingerprint density at radius 1 is 0.792 bits per heavy atom. The molecule has 0 radical (unpaired) electrons. The summed E-state index contributed by atoms with van der Waals surface area (Å²) >= 11 is 0. The van der Waals surface area contributed by atoms with Crippen molar-refractivity contribution in [2.75, 3.05) is 6.61 Å². The predicted octanol–water partition coefficient (Wildman–Crippen LogP) is 4.95. The third-order valence-corrected chi connectivity index (χ3v) is 1.88. The highest BCUT2D eigenvalue weighted by atomic mass is 19.4. The Bertz CT molecular complexity index is 443. The van der Waals surface area contributed by atoms with Gasteiger partial charge in [-0.15, -0.1) is 26.3 Å². The summed E-state index contributed by atoms with van der Waals surface area (Å²) in [5, 5.41) is 0. The van der Waals surface area contributed by atoms with Crippen LogP contribution >= 0.6 is 0 Å². The maximum atomic E-state index is 13.1. The normalized spacial score (nSPS) is 15.5. The number of rotatable bonds is 5. The molecule has 0 unspecified atom stereocenters. The number of allylic oxidation sites excluding steroid dienone is 1. The van der Waals surface area contributed by atoms with E-state index < -0.39 is 54.3 Å². The van der Waals surface area contributed by atoms with Crippen molar-refractivity contribution in [1.29, 1.82) is 0 Å². The molecule has 16 heteroatoms. The van der Waals surface area contributed by atoms with Crippen molar-refractivity contribution < 1.29 is 66.2 Å². The Morgan fingerprint density at radius 3 is 1.42 bits per heavy atom. The lowest BCUT2D eigenvalue weighted by molar-refractivity contribution is -0.367. The highest BCUT2D eigenvalue weighted by molar-refractivity contribution is 5.08. The van der Waals surface area contributed by atoms with E-state index in [2.05, 4.69) is 4.74 Å². The van der Waals surface area contributed by atoms with Crippen LogP contribution in [0.5, 0.6) is 0 Å². The lowest BCUT2D eigenvalue weighted by atomic mass is 10.3. The topological polar surface area (TPSA) is 12.5 Å². The van der Waals surface area contributed by atoms with E-state index in [-0.39, 0.29) is 0 Å². The summed E-state index contributed by atoms with van der Waals surface area (Å²) in [4.78, 5) is -3.32. The Morgan fingerprint density at radius 2 is 1.17 bits per heavy atom. The Hall–Kier alpha value is -1.64. The van der Waals surface area contributed by atoms with E-state index in [9.17, 15) is 61.5 Å². The molecule has 0 atom stereocenters. The zero-order valence-corrected chi connectivity index (χ0v) is 10.4. The lowest BCUT2D eigenvalue weighted by Crippen LogP contribution is -2.47. The zero-order chi connectivity index (χ0) is 19.7. The van der Waals surface area contributed by atoms with Crippen molar-refractivity contribution >= 4 is 0 Å². The first-order valence-corrected chi connectivity index (χ1v) is 5.01. The van der Waals surface area contributed by atoms with Gasteiger partial charge in [0.15, 0.2) is 6.61 Å². The Labute approximate surface area is 122 Å². The molecule has 0 N–H and O–H groups in total. The highest BCUT2D eigenvalue weighted by Gasteiger charge is 2.59. The van der Waals surface area contributed by atoms with E-state index in [0.717, 1.165) is 0 Å². The van der Waals surface area contributed by atoms with Crippen LogP contribution in [0.25, 0.3) is 0 Å². The molecule has 0 rings (SSSR count). The third-order valence-electron chi connectivity index (χ3n) is 1.88. The van der Waals surface area contributed by atoms with Crippen molar-refractivity contribution in [3.05, 3.63) is 11.7 Å². The Balaban J connectivity index is 5.99. The van der Waals surface area contributed by atoms with Gasteiger partial charge in [-0.05, 0) is 0 Å². The first-order chi connectivity index (χ1) is 10.3. The molecule has 0 aliphatic rings. The summed E-state index contributed by atoms with van der Waals surface area (Å²) in [6.45, 7) is -3.03. The van der Waals surface area contributed by atoms with Crippen molar-refractivity contribution in [1.82, 2.24) is 4.90 Å². The van der Waals surface area contributed by atoms with Gasteiger partial charge in [0, 0.05) is 0 Å². The molecule has 0 saturated heterocycles. The number of nitrogens with zero attached hydrogens (tertiary/aromatic N) is 1. The molecule has 0 fully saturated rings. The van der Waals surface area contributed by atoms with Gasteiger partial charge < -0.3 is 4.74 Å². The zero-order valence-electron chi connectivity index (χ0n) is 10.4. The molecule has 0 spiro atoms. The van der Waals surface area contributed by atoms with Crippen LogP contribution in [0.3, 0.4) is 0 Å². The predicted molar refractivity (Wildman–Crippen MR) is 45.0 cm³/mol. The maximum absolute atomic E-state index is 13.1. The first-order valence-electron chi connectivity index (χ1n) is 5.01. The van der Waals surface area contributed by atoms with E-state index in [0.29, 0.717) is 0 Å². The summed E-state index contributed by atoms with van der Waals surface area (Å²) in [6, 6.07) is 0. The van der Waals surface area contributed by atoms with Crippen molar-refractivity contribution in [3.8, 4) is 0 Å². The van der Waals surface area contributed by atoms with Gasteiger partial charge >= 0.3 is 31.1 Å². The number of alkyl halides is 13. The van der Waals surface area contributed by atoms with Gasteiger partial charge in [0.25, 0.3) is 11.7 Å². The van der Waals surface area contributed by atoms with E-state index >= 15 is 0 Å². The van der Waals surface area contributed by atoms with Gasteiger partial charge in [-0.1, -0.05) is 0 Å². The summed E-state index contributed by atoms with van der Waals surface area (Å²) < 4.78 is 173. The van der Waals surface area contributed by atoms with Crippen LogP contribution in [0.2, 0.25) is 0 Å². The molecule has 0 aromatic rings. The maximum Gasteiger partial charge on any atom is 0.493 e. The quantitative estimate of drug-likeness (QED) is 0.371. The van der Waals surface area contributed by atoms with Gasteiger partial charge in [-0.3, -0.25) is 0 Å².